The topological polar surface area (TPSA) is 29.9 Å². The molecule has 90 valence electrons. The third kappa shape index (κ3) is 2.29. The molecule has 0 saturated heterocycles. The van der Waals surface area contributed by atoms with E-state index in [1.807, 2.05) is 17.9 Å². The molecule has 1 saturated carbocycles. The molecule has 1 fully saturated rings. The van der Waals surface area contributed by atoms with Crippen LogP contribution >= 0.6 is 0 Å². The van der Waals surface area contributed by atoms with Gasteiger partial charge in [0.25, 0.3) is 0 Å². The van der Waals surface area contributed by atoms with E-state index in [-0.39, 0.29) is 0 Å². The number of hydrogen-bond acceptors (Lipinski definition) is 2. The highest BCUT2D eigenvalue weighted by Crippen LogP contribution is 2.47. The first kappa shape index (κ1) is 11.6. The second-order valence-electron chi connectivity index (χ2n) is 5.46. The molecule has 0 aromatic carbocycles. The van der Waals surface area contributed by atoms with E-state index < -0.39 is 0 Å². The van der Waals surface area contributed by atoms with Crippen molar-refractivity contribution in [1.82, 2.24) is 15.1 Å². The molecule has 0 bridgehead atoms. The van der Waals surface area contributed by atoms with Crippen LogP contribution in [0.2, 0.25) is 0 Å². The molecule has 1 atom stereocenters. The Morgan fingerprint density at radius 1 is 1.56 bits per heavy atom. The number of aryl methyl sites for hydroxylation is 1. The Morgan fingerprint density at radius 2 is 2.25 bits per heavy atom. The Labute approximate surface area is 98.2 Å². The van der Waals surface area contributed by atoms with Crippen LogP contribution in [-0.4, -0.2) is 22.4 Å². The molecule has 0 aliphatic heterocycles. The molecule has 1 aromatic rings. The summed E-state index contributed by atoms with van der Waals surface area (Å²) in [5.41, 5.74) is 3.22. The third-order valence-electron chi connectivity index (χ3n) is 4.27. The molecule has 1 aliphatic carbocycles. The maximum atomic E-state index is 4.26. The summed E-state index contributed by atoms with van der Waals surface area (Å²) in [7, 11) is 2.00. The smallest absolute Gasteiger partial charge is 0.0524 e. The van der Waals surface area contributed by atoms with E-state index in [9.17, 15) is 0 Å². The molecular formula is C13H23N3. The van der Waals surface area contributed by atoms with Crippen LogP contribution in [0.15, 0.2) is 6.20 Å². The van der Waals surface area contributed by atoms with Gasteiger partial charge < -0.3 is 5.32 Å². The second-order valence-corrected chi connectivity index (χ2v) is 5.46. The fraction of sp³-hybridized carbons (Fsp3) is 0.769. The van der Waals surface area contributed by atoms with Crippen LogP contribution in [0.25, 0.3) is 0 Å². The molecule has 1 heterocycles. The molecule has 1 unspecified atom stereocenters. The molecular weight excluding hydrogens is 198 g/mol. The lowest BCUT2D eigenvalue weighted by Gasteiger charge is -2.20. The van der Waals surface area contributed by atoms with Gasteiger partial charge >= 0.3 is 0 Å². The van der Waals surface area contributed by atoms with Crippen molar-refractivity contribution in [3.8, 4) is 0 Å². The van der Waals surface area contributed by atoms with Gasteiger partial charge in [-0.2, -0.15) is 5.10 Å². The number of nitrogens with one attached hydrogen (secondary N) is 1. The first-order chi connectivity index (χ1) is 7.53. The average Bonchev–Trinajstić information content (AvgIpc) is 2.93. The van der Waals surface area contributed by atoms with Crippen molar-refractivity contribution >= 4 is 0 Å². The van der Waals surface area contributed by atoms with Crippen molar-refractivity contribution in [3.05, 3.63) is 17.5 Å². The molecule has 0 amide bonds. The predicted octanol–water partition coefficient (Wildman–Crippen LogP) is 2.05. The zero-order valence-electron chi connectivity index (χ0n) is 10.9. The van der Waals surface area contributed by atoms with Gasteiger partial charge in [-0.1, -0.05) is 6.92 Å². The van der Waals surface area contributed by atoms with Gasteiger partial charge in [0.05, 0.1) is 6.20 Å². The van der Waals surface area contributed by atoms with Crippen LogP contribution in [-0.2, 0) is 13.5 Å². The van der Waals surface area contributed by atoms with Crippen LogP contribution in [0.1, 0.15) is 37.9 Å². The maximum Gasteiger partial charge on any atom is 0.0524 e. The summed E-state index contributed by atoms with van der Waals surface area (Å²) in [6.07, 6.45) is 5.83. The molecule has 1 aliphatic rings. The van der Waals surface area contributed by atoms with Gasteiger partial charge in [-0.25, -0.2) is 0 Å². The summed E-state index contributed by atoms with van der Waals surface area (Å²) in [4.78, 5) is 0. The molecule has 0 spiro atoms. The zero-order chi connectivity index (χ0) is 11.8. The van der Waals surface area contributed by atoms with E-state index in [2.05, 4.69) is 31.2 Å². The molecule has 1 aromatic heterocycles. The lowest BCUT2D eigenvalue weighted by atomic mass is 10.0. The van der Waals surface area contributed by atoms with Gasteiger partial charge in [0.15, 0.2) is 0 Å². The SMILES string of the molecule is Cc1c(CCNC(C)C2(C)CC2)cnn1C. The van der Waals surface area contributed by atoms with Crippen molar-refractivity contribution in [3.63, 3.8) is 0 Å². The minimum absolute atomic E-state index is 0.573. The highest BCUT2D eigenvalue weighted by atomic mass is 15.3. The van der Waals surface area contributed by atoms with Gasteiger partial charge in [-0.3, -0.25) is 4.68 Å². The van der Waals surface area contributed by atoms with E-state index in [0.29, 0.717) is 11.5 Å². The Bertz CT molecular complexity index is 363. The quantitative estimate of drug-likeness (QED) is 0.824. The van der Waals surface area contributed by atoms with Gasteiger partial charge in [0.2, 0.25) is 0 Å². The van der Waals surface area contributed by atoms with E-state index in [1.54, 1.807) is 0 Å². The number of aromatic nitrogens is 2. The molecule has 16 heavy (non-hydrogen) atoms. The first-order valence-corrected chi connectivity index (χ1v) is 6.24. The van der Waals surface area contributed by atoms with Crippen LogP contribution < -0.4 is 5.32 Å². The highest BCUT2D eigenvalue weighted by molar-refractivity contribution is 5.16. The van der Waals surface area contributed by atoms with Crippen molar-refractivity contribution in [2.45, 2.75) is 46.1 Å². The Balaban J connectivity index is 1.78. The standard InChI is InChI=1S/C13H23N3/c1-10-12(9-15-16(10)4)5-8-14-11(2)13(3)6-7-13/h9,11,14H,5-8H2,1-4H3. The van der Waals surface area contributed by atoms with E-state index in [4.69, 9.17) is 0 Å². The van der Waals surface area contributed by atoms with Crippen molar-refractivity contribution < 1.29 is 0 Å². The molecule has 1 N–H and O–H groups in total. The van der Waals surface area contributed by atoms with E-state index >= 15 is 0 Å². The monoisotopic (exact) mass is 221 g/mol. The van der Waals surface area contributed by atoms with Gasteiger partial charge in [-0.05, 0) is 50.6 Å². The number of hydrogen-bond donors (Lipinski definition) is 1. The Hall–Kier alpha value is -0.830. The third-order valence-corrected chi connectivity index (χ3v) is 4.27. The summed E-state index contributed by atoms with van der Waals surface area (Å²) in [5.74, 6) is 0. The van der Waals surface area contributed by atoms with Gasteiger partial charge in [-0.15, -0.1) is 0 Å². The molecule has 2 rings (SSSR count). The molecule has 3 nitrogen and oxygen atoms in total. The van der Waals surface area contributed by atoms with Crippen molar-refractivity contribution in [2.75, 3.05) is 6.54 Å². The highest BCUT2D eigenvalue weighted by Gasteiger charge is 2.41. The average molecular weight is 221 g/mol. The van der Waals surface area contributed by atoms with Crippen LogP contribution in [0.4, 0.5) is 0 Å². The summed E-state index contributed by atoms with van der Waals surface area (Å²) >= 11 is 0. The first-order valence-electron chi connectivity index (χ1n) is 6.24. The van der Waals surface area contributed by atoms with Crippen molar-refractivity contribution in [1.29, 1.82) is 0 Å². The van der Waals surface area contributed by atoms with Gasteiger partial charge in [0, 0.05) is 18.8 Å². The lowest BCUT2D eigenvalue weighted by molar-refractivity contribution is 0.383. The van der Waals surface area contributed by atoms with Crippen LogP contribution in [0, 0.1) is 12.3 Å². The van der Waals surface area contributed by atoms with E-state index in [1.165, 1.54) is 24.1 Å². The van der Waals surface area contributed by atoms with Gasteiger partial charge in [0.1, 0.15) is 0 Å². The largest absolute Gasteiger partial charge is 0.313 e. The Morgan fingerprint density at radius 3 is 2.75 bits per heavy atom. The number of nitrogens with zero attached hydrogens (tertiary/aromatic N) is 2. The second kappa shape index (κ2) is 4.21. The minimum atomic E-state index is 0.573. The Kier molecular flexibility index (Phi) is 3.06. The van der Waals surface area contributed by atoms with Crippen LogP contribution in [0.5, 0.6) is 0 Å². The summed E-state index contributed by atoms with van der Waals surface area (Å²) in [6, 6.07) is 0.643. The van der Waals surface area contributed by atoms with E-state index in [0.717, 1.165) is 13.0 Å². The maximum absolute atomic E-state index is 4.26. The van der Waals surface area contributed by atoms with Crippen molar-refractivity contribution in [2.24, 2.45) is 12.5 Å². The fourth-order valence-electron chi connectivity index (χ4n) is 2.09. The normalized spacial score (nSPS) is 19.8. The summed E-state index contributed by atoms with van der Waals surface area (Å²) in [6.45, 7) is 7.88. The lowest BCUT2D eigenvalue weighted by Crippen LogP contribution is -2.34. The predicted molar refractivity (Wildman–Crippen MR) is 66.5 cm³/mol. The minimum Gasteiger partial charge on any atom is -0.313 e. The fourth-order valence-corrected chi connectivity index (χ4v) is 2.09. The van der Waals surface area contributed by atoms with Crippen LogP contribution in [0.3, 0.4) is 0 Å². The zero-order valence-corrected chi connectivity index (χ0v) is 10.9. The molecule has 0 radical (unpaired) electrons. The molecule has 3 heteroatoms. The summed E-state index contributed by atoms with van der Waals surface area (Å²) in [5, 5.41) is 7.90. The number of rotatable bonds is 5. The summed E-state index contributed by atoms with van der Waals surface area (Å²) < 4.78 is 1.95.